The summed E-state index contributed by atoms with van der Waals surface area (Å²) in [6.45, 7) is 0. The SMILES string of the molecule is c1ccc(-c2ccc(-c3c(-c4ccc(-c5ccccc5)cc4)n(-c4ccccc4)c4cc(-c5ccc(N(c6ccc7ccccc7c6)c6ccc7ccccc7c6)cc5)ccc34)cc2)cc1. The van der Waals surface area contributed by atoms with E-state index in [2.05, 4.69) is 276 Å². The molecule has 310 valence electrons. The van der Waals surface area contributed by atoms with Crippen molar-refractivity contribution in [2.45, 2.75) is 0 Å². The molecule has 0 unspecified atom stereocenters. The van der Waals surface area contributed by atoms with E-state index in [0.717, 1.165) is 50.7 Å². The summed E-state index contributed by atoms with van der Waals surface area (Å²) in [6.07, 6.45) is 0. The zero-order chi connectivity index (χ0) is 43.8. The van der Waals surface area contributed by atoms with E-state index in [1.54, 1.807) is 0 Å². The lowest BCUT2D eigenvalue weighted by molar-refractivity contribution is 1.14. The lowest BCUT2D eigenvalue weighted by Gasteiger charge is -2.26. The first-order valence-electron chi connectivity index (χ1n) is 22.7. The second kappa shape index (κ2) is 16.8. The molecule has 0 radical (unpaired) electrons. The Balaban J connectivity index is 1.01. The molecule has 0 aliphatic heterocycles. The van der Waals surface area contributed by atoms with Gasteiger partial charge in [-0.2, -0.15) is 0 Å². The number of hydrogen-bond acceptors (Lipinski definition) is 1. The number of nitrogens with zero attached hydrogens (tertiary/aromatic N) is 2. The molecule has 0 amide bonds. The van der Waals surface area contributed by atoms with Gasteiger partial charge in [0.15, 0.2) is 0 Å². The van der Waals surface area contributed by atoms with Crippen LogP contribution in [0.1, 0.15) is 0 Å². The third-order valence-corrected chi connectivity index (χ3v) is 13.0. The fourth-order valence-electron chi connectivity index (χ4n) is 9.67. The first-order valence-corrected chi connectivity index (χ1v) is 22.7. The van der Waals surface area contributed by atoms with E-state index >= 15 is 0 Å². The van der Waals surface area contributed by atoms with Gasteiger partial charge in [-0.15, -0.1) is 0 Å². The Bertz CT molecular complexity index is 3570. The number of hydrogen-bond donors (Lipinski definition) is 0. The number of anilines is 3. The molecule has 2 nitrogen and oxygen atoms in total. The summed E-state index contributed by atoms with van der Waals surface area (Å²) in [7, 11) is 0. The van der Waals surface area contributed by atoms with E-state index in [4.69, 9.17) is 0 Å². The van der Waals surface area contributed by atoms with Crippen LogP contribution in [0.3, 0.4) is 0 Å². The maximum absolute atomic E-state index is 2.46. The molecule has 11 aromatic carbocycles. The molecule has 1 aromatic heterocycles. The highest BCUT2D eigenvalue weighted by Gasteiger charge is 2.23. The highest BCUT2D eigenvalue weighted by atomic mass is 15.1. The minimum Gasteiger partial charge on any atom is -0.310 e. The van der Waals surface area contributed by atoms with Crippen molar-refractivity contribution in [1.29, 1.82) is 0 Å². The van der Waals surface area contributed by atoms with Crippen LogP contribution in [0.25, 0.3) is 93.9 Å². The van der Waals surface area contributed by atoms with Crippen molar-refractivity contribution in [2.75, 3.05) is 4.90 Å². The van der Waals surface area contributed by atoms with E-state index in [-0.39, 0.29) is 0 Å². The molecule has 2 heteroatoms. The molecule has 0 N–H and O–H groups in total. The standard InChI is InChI=1S/C64H44N2/c1-4-14-45(15-5-1)49-24-28-52(29-25-49)63-61-41-36-56(44-62(61)66(57-22-8-3-9-23-57)64(63)53-30-26-50(27-31-53)46-16-6-2-7-17-46)51-32-37-58(38-33-51)65(59-39-34-47-18-10-12-20-54(47)42-59)60-40-35-48-19-11-13-21-55(48)43-60/h1-44H. The van der Waals surface area contributed by atoms with Gasteiger partial charge in [-0.25, -0.2) is 0 Å². The highest BCUT2D eigenvalue weighted by molar-refractivity contribution is 6.07. The Labute approximate surface area is 385 Å². The summed E-state index contributed by atoms with van der Waals surface area (Å²) in [5, 5.41) is 6.08. The van der Waals surface area contributed by atoms with Crippen molar-refractivity contribution < 1.29 is 0 Å². The maximum Gasteiger partial charge on any atom is 0.0619 e. The van der Waals surface area contributed by atoms with Gasteiger partial charge in [0.05, 0.1) is 11.2 Å². The van der Waals surface area contributed by atoms with Crippen LogP contribution in [-0.2, 0) is 0 Å². The molecule has 12 rings (SSSR count). The summed E-state index contributed by atoms with van der Waals surface area (Å²) in [5.41, 5.74) is 17.4. The van der Waals surface area contributed by atoms with E-state index < -0.39 is 0 Å². The molecule has 0 atom stereocenters. The van der Waals surface area contributed by atoms with Crippen LogP contribution in [0.5, 0.6) is 0 Å². The first-order chi connectivity index (χ1) is 32.7. The van der Waals surface area contributed by atoms with Crippen molar-refractivity contribution in [3.63, 3.8) is 0 Å². The highest BCUT2D eigenvalue weighted by Crippen LogP contribution is 2.45. The number of fused-ring (bicyclic) bond motifs is 3. The minimum atomic E-state index is 1.10. The smallest absolute Gasteiger partial charge is 0.0619 e. The molecule has 0 saturated heterocycles. The van der Waals surface area contributed by atoms with Gasteiger partial charge in [-0.1, -0.05) is 212 Å². The predicted octanol–water partition coefficient (Wildman–Crippen LogP) is 17.7. The van der Waals surface area contributed by atoms with E-state index in [9.17, 15) is 0 Å². The first kappa shape index (κ1) is 38.9. The topological polar surface area (TPSA) is 8.17 Å². The van der Waals surface area contributed by atoms with Crippen molar-refractivity contribution in [2.24, 2.45) is 0 Å². The molecule has 66 heavy (non-hydrogen) atoms. The predicted molar refractivity (Wildman–Crippen MR) is 280 cm³/mol. The average molecular weight is 841 g/mol. The molecule has 12 aromatic rings. The van der Waals surface area contributed by atoms with E-state index in [1.165, 1.54) is 60.3 Å². The molecule has 0 bridgehead atoms. The monoisotopic (exact) mass is 840 g/mol. The Kier molecular flexibility index (Phi) is 9.89. The largest absolute Gasteiger partial charge is 0.310 e. The van der Waals surface area contributed by atoms with Gasteiger partial charge < -0.3 is 9.47 Å². The zero-order valence-electron chi connectivity index (χ0n) is 36.3. The third-order valence-electron chi connectivity index (χ3n) is 13.0. The van der Waals surface area contributed by atoms with Crippen LogP contribution >= 0.6 is 0 Å². The molecule has 0 aliphatic rings. The number of para-hydroxylation sites is 1. The van der Waals surface area contributed by atoms with Crippen molar-refractivity contribution in [1.82, 2.24) is 4.57 Å². The second-order valence-electron chi connectivity index (χ2n) is 17.0. The molecule has 0 aliphatic carbocycles. The molecule has 0 spiro atoms. The van der Waals surface area contributed by atoms with Crippen LogP contribution in [0, 0.1) is 0 Å². The average Bonchev–Trinajstić information content (AvgIpc) is 3.74. The summed E-state index contributed by atoms with van der Waals surface area (Å²) >= 11 is 0. The lowest BCUT2D eigenvalue weighted by atomic mass is 9.94. The quantitative estimate of drug-likeness (QED) is 0.141. The van der Waals surface area contributed by atoms with Crippen LogP contribution < -0.4 is 4.90 Å². The van der Waals surface area contributed by atoms with E-state index in [0.29, 0.717) is 0 Å². The van der Waals surface area contributed by atoms with Crippen molar-refractivity contribution in [3.8, 4) is 61.5 Å². The number of aromatic nitrogens is 1. The maximum atomic E-state index is 2.46. The molecule has 0 saturated carbocycles. The van der Waals surface area contributed by atoms with E-state index in [1.807, 2.05) is 0 Å². The van der Waals surface area contributed by atoms with Crippen LogP contribution in [0.4, 0.5) is 17.1 Å². The Morgan fingerprint density at radius 3 is 1.20 bits per heavy atom. The number of rotatable bonds is 9. The molecular weight excluding hydrogens is 797 g/mol. The Morgan fingerprint density at radius 2 is 0.652 bits per heavy atom. The summed E-state index contributed by atoms with van der Waals surface area (Å²) in [4.78, 5) is 2.37. The fraction of sp³-hybridized carbons (Fsp3) is 0. The summed E-state index contributed by atoms with van der Waals surface area (Å²) in [5.74, 6) is 0. The summed E-state index contributed by atoms with van der Waals surface area (Å²) in [6, 6.07) is 97.0. The van der Waals surface area contributed by atoms with Crippen LogP contribution in [-0.4, -0.2) is 4.57 Å². The Hall–Kier alpha value is -8.72. The van der Waals surface area contributed by atoms with Gasteiger partial charge in [0.1, 0.15) is 0 Å². The van der Waals surface area contributed by atoms with Gasteiger partial charge in [0.25, 0.3) is 0 Å². The number of benzene rings is 11. The summed E-state index contributed by atoms with van der Waals surface area (Å²) < 4.78 is 2.46. The zero-order valence-corrected chi connectivity index (χ0v) is 36.3. The third kappa shape index (κ3) is 7.21. The van der Waals surface area contributed by atoms with Crippen LogP contribution in [0.2, 0.25) is 0 Å². The van der Waals surface area contributed by atoms with Crippen molar-refractivity contribution in [3.05, 3.63) is 267 Å². The van der Waals surface area contributed by atoms with Crippen LogP contribution in [0.15, 0.2) is 267 Å². The van der Waals surface area contributed by atoms with Crippen molar-refractivity contribution >= 4 is 49.5 Å². The van der Waals surface area contributed by atoms with Gasteiger partial charge in [0.2, 0.25) is 0 Å². The molecule has 1 heterocycles. The minimum absolute atomic E-state index is 1.10. The Morgan fingerprint density at radius 1 is 0.258 bits per heavy atom. The second-order valence-corrected chi connectivity index (χ2v) is 17.0. The lowest BCUT2D eigenvalue weighted by Crippen LogP contribution is -2.09. The van der Waals surface area contributed by atoms with Gasteiger partial charge in [-0.05, 0) is 121 Å². The van der Waals surface area contributed by atoms with Gasteiger partial charge in [0, 0.05) is 33.7 Å². The molecule has 0 fully saturated rings. The normalized spacial score (nSPS) is 11.3. The molecular formula is C64H44N2. The van der Waals surface area contributed by atoms with Gasteiger partial charge in [-0.3, -0.25) is 0 Å². The van der Waals surface area contributed by atoms with Gasteiger partial charge >= 0.3 is 0 Å². The fourth-order valence-corrected chi connectivity index (χ4v) is 9.67.